The van der Waals surface area contributed by atoms with Crippen LogP contribution in [0, 0.1) is 11.3 Å². The number of thiophene rings is 1. The molecule has 0 unspecified atom stereocenters. The van der Waals surface area contributed by atoms with Crippen molar-refractivity contribution in [2.75, 3.05) is 19.0 Å². The molecule has 0 spiro atoms. The minimum absolute atomic E-state index is 0.0894. The molecular formula is C24H27N3O4S. The minimum atomic E-state index is -0.587. The van der Waals surface area contributed by atoms with Gasteiger partial charge in [0.05, 0.1) is 19.3 Å². The van der Waals surface area contributed by atoms with Crippen LogP contribution in [0.15, 0.2) is 23.8 Å². The van der Waals surface area contributed by atoms with E-state index in [1.807, 2.05) is 6.07 Å². The van der Waals surface area contributed by atoms with Gasteiger partial charge in [0.2, 0.25) is 0 Å². The van der Waals surface area contributed by atoms with Crippen LogP contribution in [-0.4, -0.2) is 25.5 Å². The highest BCUT2D eigenvalue weighted by atomic mass is 32.1. The van der Waals surface area contributed by atoms with E-state index in [1.165, 1.54) is 24.5 Å². The molecular weight excluding hydrogens is 426 g/mol. The Bertz CT molecular complexity index is 1080. The summed E-state index contributed by atoms with van der Waals surface area (Å²) in [4.78, 5) is 25.9. The monoisotopic (exact) mass is 453 g/mol. The summed E-state index contributed by atoms with van der Waals surface area (Å²) >= 11 is 1.36. The number of nitrogens with zero attached hydrogens (tertiary/aromatic N) is 1. The highest BCUT2D eigenvalue weighted by Crippen LogP contribution is 2.38. The molecule has 7 nitrogen and oxygen atoms in total. The van der Waals surface area contributed by atoms with Gasteiger partial charge in [-0.15, -0.1) is 11.3 Å². The molecule has 168 valence electrons. The number of hydrogen-bond donors (Lipinski definition) is 2. The molecule has 0 bridgehead atoms. The second-order valence-electron chi connectivity index (χ2n) is 7.52. The maximum absolute atomic E-state index is 12.8. The third-order valence-corrected chi connectivity index (χ3v) is 6.47. The molecule has 0 atom stereocenters. The number of amides is 2. The molecule has 0 saturated carbocycles. The number of unbranched alkanes of at least 4 members (excludes halogenated alkanes) is 1. The van der Waals surface area contributed by atoms with Gasteiger partial charge in [-0.25, -0.2) is 0 Å². The lowest BCUT2D eigenvalue weighted by Gasteiger charge is -2.11. The Morgan fingerprint density at radius 3 is 2.75 bits per heavy atom. The number of rotatable bonds is 9. The molecule has 1 heterocycles. The largest absolute Gasteiger partial charge is 0.493 e. The average molecular weight is 454 g/mol. The molecule has 2 amide bonds. The lowest BCUT2D eigenvalue weighted by molar-refractivity contribution is -0.112. The van der Waals surface area contributed by atoms with Crippen molar-refractivity contribution in [3.63, 3.8) is 0 Å². The topological polar surface area (TPSA) is 114 Å². The number of nitriles is 1. The SMILES string of the molecule is CCCCOc1ccc(C=C(C#N)C(=O)Nc2sc3c(c2C(N)=O)CCCC3)cc1OC. The van der Waals surface area contributed by atoms with Crippen LogP contribution in [0.4, 0.5) is 5.00 Å². The van der Waals surface area contributed by atoms with Crippen molar-refractivity contribution < 1.29 is 19.1 Å². The van der Waals surface area contributed by atoms with Crippen LogP contribution in [0.5, 0.6) is 11.5 Å². The van der Waals surface area contributed by atoms with Crippen LogP contribution < -0.4 is 20.5 Å². The van der Waals surface area contributed by atoms with E-state index in [0.29, 0.717) is 34.2 Å². The number of benzene rings is 1. The molecule has 3 N–H and O–H groups in total. The third-order valence-electron chi connectivity index (χ3n) is 5.26. The number of ether oxygens (including phenoxy) is 2. The van der Waals surface area contributed by atoms with Gasteiger partial charge < -0.3 is 20.5 Å². The van der Waals surface area contributed by atoms with E-state index in [1.54, 1.807) is 18.2 Å². The fourth-order valence-electron chi connectivity index (χ4n) is 3.62. The van der Waals surface area contributed by atoms with Gasteiger partial charge in [0.1, 0.15) is 16.6 Å². The Morgan fingerprint density at radius 2 is 2.06 bits per heavy atom. The van der Waals surface area contributed by atoms with Gasteiger partial charge in [0.25, 0.3) is 11.8 Å². The summed E-state index contributed by atoms with van der Waals surface area (Å²) in [5.74, 6) is -0.0211. The van der Waals surface area contributed by atoms with E-state index < -0.39 is 11.8 Å². The van der Waals surface area contributed by atoms with E-state index in [-0.39, 0.29) is 5.57 Å². The van der Waals surface area contributed by atoms with E-state index in [0.717, 1.165) is 49.0 Å². The number of anilines is 1. The highest BCUT2D eigenvalue weighted by Gasteiger charge is 2.25. The van der Waals surface area contributed by atoms with Crippen molar-refractivity contribution in [1.29, 1.82) is 5.26 Å². The molecule has 0 saturated heterocycles. The van der Waals surface area contributed by atoms with Gasteiger partial charge in [0, 0.05) is 4.88 Å². The first kappa shape index (κ1) is 23.4. The predicted octanol–water partition coefficient (Wildman–Crippen LogP) is 4.46. The minimum Gasteiger partial charge on any atom is -0.493 e. The standard InChI is InChI=1S/C24H27N3O4S/c1-3-4-11-31-18-10-9-15(13-19(18)30-2)12-16(14-25)23(29)27-24-21(22(26)28)17-7-5-6-8-20(17)32-24/h9-10,12-13H,3-8,11H2,1-2H3,(H2,26,28)(H,27,29). The summed E-state index contributed by atoms with van der Waals surface area (Å²) in [6.45, 7) is 2.67. The molecule has 0 aliphatic heterocycles. The lowest BCUT2D eigenvalue weighted by Crippen LogP contribution is -2.19. The van der Waals surface area contributed by atoms with Crippen LogP contribution >= 0.6 is 11.3 Å². The predicted molar refractivity (Wildman–Crippen MR) is 125 cm³/mol. The second-order valence-corrected chi connectivity index (χ2v) is 8.62. The number of primary amides is 1. The summed E-state index contributed by atoms with van der Waals surface area (Å²) < 4.78 is 11.1. The Labute approximate surface area is 191 Å². The Hall–Kier alpha value is -3.31. The van der Waals surface area contributed by atoms with E-state index >= 15 is 0 Å². The van der Waals surface area contributed by atoms with Crippen LogP contribution in [-0.2, 0) is 17.6 Å². The van der Waals surface area contributed by atoms with E-state index in [9.17, 15) is 14.9 Å². The average Bonchev–Trinajstić information content (AvgIpc) is 3.16. The summed E-state index contributed by atoms with van der Waals surface area (Å²) in [6, 6.07) is 7.17. The van der Waals surface area contributed by atoms with Crippen LogP contribution in [0.3, 0.4) is 0 Å². The van der Waals surface area contributed by atoms with Crippen molar-refractivity contribution in [1.82, 2.24) is 0 Å². The third kappa shape index (κ3) is 5.29. The number of nitrogens with one attached hydrogen (secondary N) is 1. The number of nitrogens with two attached hydrogens (primary N) is 1. The Morgan fingerprint density at radius 1 is 1.28 bits per heavy atom. The molecule has 1 aliphatic carbocycles. The number of aryl methyl sites for hydroxylation is 1. The maximum Gasteiger partial charge on any atom is 0.266 e. The molecule has 0 fully saturated rings. The first-order valence-corrected chi connectivity index (χ1v) is 11.5. The van der Waals surface area contributed by atoms with E-state index in [2.05, 4.69) is 12.2 Å². The lowest BCUT2D eigenvalue weighted by atomic mass is 9.95. The van der Waals surface area contributed by atoms with Crippen molar-refractivity contribution in [3.8, 4) is 17.6 Å². The zero-order valence-electron chi connectivity index (χ0n) is 18.3. The smallest absolute Gasteiger partial charge is 0.266 e. The van der Waals surface area contributed by atoms with E-state index in [4.69, 9.17) is 15.2 Å². The van der Waals surface area contributed by atoms with Crippen LogP contribution in [0.2, 0.25) is 0 Å². The molecule has 1 aromatic carbocycles. The van der Waals surface area contributed by atoms with Gasteiger partial charge in [-0.3, -0.25) is 9.59 Å². The van der Waals surface area contributed by atoms with Gasteiger partial charge in [-0.05, 0) is 61.4 Å². The molecule has 8 heteroatoms. The summed E-state index contributed by atoms with van der Waals surface area (Å²) in [5.41, 5.74) is 7.42. The van der Waals surface area contributed by atoms with Crippen molar-refractivity contribution in [2.45, 2.75) is 45.4 Å². The van der Waals surface area contributed by atoms with Crippen molar-refractivity contribution >= 4 is 34.2 Å². The zero-order valence-corrected chi connectivity index (χ0v) is 19.1. The van der Waals surface area contributed by atoms with Gasteiger partial charge >= 0.3 is 0 Å². The Kier molecular flexibility index (Phi) is 7.90. The Balaban J connectivity index is 1.83. The van der Waals surface area contributed by atoms with Gasteiger partial charge in [0.15, 0.2) is 11.5 Å². The highest BCUT2D eigenvalue weighted by molar-refractivity contribution is 7.17. The summed E-state index contributed by atoms with van der Waals surface area (Å²) in [5, 5.41) is 12.7. The number of hydrogen-bond acceptors (Lipinski definition) is 6. The molecule has 1 aliphatic rings. The maximum atomic E-state index is 12.8. The van der Waals surface area contributed by atoms with Crippen molar-refractivity contribution in [2.24, 2.45) is 5.73 Å². The molecule has 2 aromatic rings. The first-order chi connectivity index (χ1) is 15.5. The molecule has 32 heavy (non-hydrogen) atoms. The second kappa shape index (κ2) is 10.8. The van der Waals surface area contributed by atoms with Crippen LogP contribution in [0.25, 0.3) is 6.08 Å². The number of fused-ring (bicyclic) bond motifs is 1. The zero-order chi connectivity index (χ0) is 23.1. The number of carbonyl (C=O) groups is 2. The fourth-order valence-corrected chi connectivity index (χ4v) is 4.91. The first-order valence-electron chi connectivity index (χ1n) is 10.7. The fraction of sp³-hybridized carbons (Fsp3) is 0.375. The van der Waals surface area contributed by atoms with Gasteiger partial charge in [-0.2, -0.15) is 5.26 Å². The summed E-state index contributed by atoms with van der Waals surface area (Å²) in [6.07, 6.45) is 7.10. The molecule has 3 rings (SSSR count). The normalized spacial score (nSPS) is 13.1. The number of methoxy groups -OCH3 is 1. The molecule has 1 aromatic heterocycles. The number of carbonyl (C=O) groups excluding carboxylic acids is 2. The summed E-state index contributed by atoms with van der Waals surface area (Å²) in [7, 11) is 1.54. The van der Waals surface area contributed by atoms with Crippen LogP contribution in [0.1, 0.15) is 59.0 Å². The quantitative estimate of drug-likeness (QED) is 0.330. The molecule has 0 radical (unpaired) electrons. The van der Waals surface area contributed by atoms with Crippen molar-refractivity contribution in [3.05, 3.63) is 45.3 Å². The van der Waals surface area contributed by atoms with Gasteiger partial charge in [-0.1, -0.05) is 19.4 Å².